The van der Waals surface area contributed by atoms with E-state index in [2.05, 4.69) is 62.4 Å². The summed E-state index contributed by atoms with van der Waals surface area (Å²) in [5.74, 6) is 1.20. The van der Waals surface area contributed by atoms with Crippen LogP contribution in [0.15, 0.2) is 24.3 Å². The maximum Gasteiger partial charge on any atom is 0.242 e. The summed E-state index contributed by atoms with van der Waals surface area (Å²) in [6.45, 7) is 14.5. The van der Waals surface area contributed by atoms with E-state index in [0.717, 1.165) is 55.5 Å². The van der Waals surface area contributed by atoms with Gasteiger partial charge in [0, 0.05) is 30.1 Å². The number of rotatable bonds is 7. The minimum atomic E-state index is 0.0213. The van der Waals surface area contributed by atoms with Crippen molar-refractivity contribution in [3.63, 3.8) is 0 Å². The zero-order valence-corrected chi connectivity index (χ0v) is 19.1. The van der Waals surface area contributed by atoms with E-state index in [1.165, 1.54) is 0 Å². The van der Waals surface area contributed by atoms with Crippen molar-refractivity contribution in [2.45, 2.75) is 97.3 Å². The number of para-hydroxylation sites is 2. The molecule has 1 aliphatic heterocycles. The topological polar surface area (TPSA) is 50.2 Å². The fraction of sp³-hybridized carbons (Fsp3) is 0.667. The maximum atomic E-state index is 13.6. The molecule has 2 aromatic rings. The van der Waals surface area contributed by atoms with Crippen LogP contribution in [0.1, 0.15) is 73.1 Å². The van der Waals surface area contributed by atoms with E-state index in [-0.39, 0.29) is 23.0 Å². The maximum absolute atomic E-state index is 13.6. The molecule has 0 unspecified atom stereocenters. The molecule has 160 valence electrons. The molecule has 1 aromatic carbocycles. The Morgan fingerprint density at radius 1 is 1.17 bits per heavy atom. The van der Waals surface area contributed by atoms with Crippen LogP contribution in [0, 0.1) is 0 Å². The molecule has 3 rings (SSSR count). The first-order chi connectivity index (χ1) is 13.7. The Morgan fingerprint density at radius 2 is 1.83 bits per heavy atom. The Kier molecular flexibility index (Phi) is 6.37. The highest BCUT2D eigenvalue weighted by molar-refractivity contribution is 5.81. The van der Waals surface area contributed by atoms with Crippen LogP contribution in [0.4, 0.5) is 0 Å². The summed E-state index contributed by atoms with van der Waals surface area (Å²) in [6, 6.07) is 8.40. The molecule has 5 nitrogen and oxygen atoms in total. The summed E-state index contributed by atoms with van der Waals surface area (Å²) in [5.41, 5.74) is 2.07. The van der Waals surface area contributed by atoms with Gasteiger partial charge in [-0.15, -0.1) is 0 Å². The van der Waals surface area contributed by atoms with Gasteiger partial charge < -0.3 is 14.8 Å². The number of carbonyl (C=O) groups excluding carboxylic acids is 1. The SMILES string of the molecule is CCCCN(C(=O)Cn1c(CC)nc2ccccc21)C1CC(C)(C)NC(C)(C)C1. The van der Waals surface area contributed by atoms with Crippen LogP contribution in [0.5, 0.6) is 0 Å². The van der Waals surface area contributed by atoms with Crippen molar-refractivity contribution in [3.8, 4) is 0 Å². The van der Waals surface area contributed by atoms with E-state index in [4.69, 9.17) is 4.98 Å². The zero-order valence-electron chi connectivity index (χ0n) is 19.1. The summed E-state index contributed by atoms with van der Waals surface area (Å²) < 4.78 is 2.12. The van der Waals surface area contributed by atoms with Crippen LogP contribution in [0.3, 0.4) is 0 Å². The lowest BCUT2D eigenvalue weighted by molar-refractivity contribution is -0.136. The number of benzene rings is 1. The quantitative estimate of drug-likeness (QED) is 0.745. The van der Waals surface area contributed by atoms with Gasteiger partial charge in [0.1, 0.15) is 12.4 Å². The Morgan fingerprint density at radius 3 is 2.45 bits per heavy atom. The van der Waals surface area contributed by atoms with Crippen LogP contribution in [0.2, 0.25) is 0 Å². The van der Waals surface area contributed by atoms with Crippen molar-refractivity contribution in [3.05, 3.63) is 30.1 Å². The Labute approximate surface area is 175 Å². The number of fused-ring (bicyclic) bond motifs is 1. The molecule has 1 aliphatic rings. The average Bonchev–Trinajstić information content (AvgIpc) is 2.97. The number of aryl methyl sites for hydroxylation is 1. The molecule has 0 radical (unpaired) electrons. The number of nitrogens with one attached hydrogen (secondary N) is 1. The van der Waals surface area contributed by atoms with E-state index < -0.39 is 0 Å². The highest BCUT2D eigenvalue weighted by Crippen LogP contribution is 2.32. The van der Waals surface area contributed by atoms with Gasteiger partial charge in [0.25, 0.3) is 0 Å². The van der Waals surface area contributed by atoms with E-state index in [9.17, 15) is 4.79 Å². The number of amides is 1. The third-order valence-corrected chi connectivity index (χ3v) is 6.03. The minimum Gasteiger partial charge on any atom is -0.338 e. The fourth-order valence-corrected chi connectivity index (χ4v) is 5.13. The molecule has 1 saturated heterocycles. The second-order valence-corrected chi connectivity index (χ2v) is 9.85. The van der Waals surface area contributed by atoms with Crippen LogP contribution in [0.25, 0.3) is 11.0 Å². The number of imidazole rings is 1. The Hall–Kier alpha value is -1.88. The van der Waals surface area contributed by atoms with Crippen LogP contribution < -0.4 is 5.32 Å². The summed E-state index contributed by atoms with van der Waals surface area (Å²) in [7, 11) is 0. The van der Waals surface area contributed by atoms with Gasteiger partial charge in [-0.2, -0.15) is 0 Å². The third-order valence-electron chi connectivity index (χ3n) is 6.03. The van der Waals surface area contributed by atoms with Gasteiger partial charge in [-0.05, 0) is 59.1 Å². The number of nitrogens with zero attached hydrogens (tertiary/aromatic N) is 3. The predicted octanol–water partition coefficient (Wildman–Crippen LogP) is 4.54. The molecule has 1 N–H and O–H groups in total. The normalized spacial score (nSPS) is 18.8. The Bertz CT molecular complexity index is 836. The van der Waals surface area contributed by atoms with Gasteiger partial charge in [-0.3, -0.25) is 4.79 Å². The molecule has 0 bridgehead atoms. The largest absolute Gasteiger partial charge is 0.338 e. The fourth-order valence-electron chi connectivity index (χ4n) is 5.13. The number of piperidine rings is 1. The van der Waals surface area contributed by atoms with Crippen LogP contribution in [-0.4, -0.2) is 44.0 Å². The molecule has 0 aliphatic carbocycles. The average molecular weight is 399 g/mol. The Balaban J connectivity index is 1.89. The molecule has 1 aromatic heterocycles. The molecule has 5 heteroatoms. The van der Waals surface area contributed by atoms with Crippen molar-refractivity contribution < 1.29 is 4.79 Å². The summed E-state index contributed by atoms with van der Waals surface area (Å²) in [5, 5.41) is 3.75. The minimum absolute atomic E-state index is 0.0213. The lowest BCUT2D eigenvalue weighted by Crippen LogP contribution is -2.63. The second kappa shape index (κ2) is 8.47. The van der Waals surface area contributed by atoms with Crippen molar-refractivity contribution in [2.75, 3.05) is 6.54 Å². The van der Waals surface area contributed by atoms with E-state index in [0.29, 0.717) is 6.54 Å². The molecule has 0 spiro atoms. The number of carbonyl (C=O) groups is 1. The molecular formula is C24H38N4O. The first-order valence-corrected chi connectivity index (χ1v) is 11.2. The third kappa shape index (κ3) is 5.00. The van der Waals surface area contributed by atoms with Gasteiger partial charge in [0.05, 0.1) is 11.0 Å². The highest BCUT2D eigenvalue weighted by Gasteiger charge is 2.41. The van der Waals surface area contributed by atoms with E-state index in [1.54, 1.807) is 0 Å². The van der Waals surface area contributed by atoms with Crippen molar-refractivity contribution in [2.24, 2.45) is 0 Å². The van der Waals surface area contributed by atoms with E-state index >= 15 is 0 Å². The standard InChI is InChI=1S/C24H38N4O/c1-7-9-14-27(18-15-23(3,4)26-24(5,6)16-18)22(29)17-28-20-13-11-10-12-19(20)25-21(28)8-2/h10-13,18,26H,7-9,14-17H2,1-6H3. The molecule has 29 heavy (non-hydrogen) atoms. The van der Waals surface area contributed by atoms with Gasteiger partial charge in [0.2, 0.25) is 5.91 Å². The summed E-state index contributed by atoms with van der Waals surface area (Å²) >= 11 is 0. The second-order valence-electron chi connectivity index (χ2n) is 9.85. The monoisotopic (exact) mass is 398 g/mol. The summed E-state index contributed by atoms with van der Waals surface area (Å²) in [4.78, 5) is 20.5. The van der Waals surface area contributed by atoms with Crippen molar-refractivity contribution >= 4 is 16.9 Å². The van der Waals surface area contributed by atoms with Gasteiger partial charge >= 0.3 is 0 Å². The molecular weight excluding hydrogens is 360 g/mol. The highest BCUT2D eigenvalue weighted by atomic mass is 16.2. The lowest BCUT2D eigenvalue weighted by atomic mass is 9.79. The molecule has 0 saturated carbocycles. The molecule has 0 atom stereocenters. The van der Waals surface area contributed by atoms with Gasteiger partial charge in [-0.25, -0.2) is 4.98 Å². The zero-order chi connectivity index (χ0) is 21.2. The number of aromatic nitrogens is 2. The van der Waals surface area contributed by atoms with Crippen molar-refractivity contribution in [1.29, 1.82) is 0 Å². The smallest absolute Gasteiger partial charge is 0.242 e. The van der Waals surface area contributed by atoms with E-state index in [1.807, 2.05) is 18.2 Å². The van der Waals surface area contributed by atoms with Gasteiger partial charge in [0.15, 0.2) is 0 Å². The van der Waals surface area contributed by atoms with Crippen molar-refractivity contribution in [1.82, 2.24) is 19.8 Å². The first kappa shape index (κ1) is 21.8. The molecule has 2 heterocycles. The number of hydrogen-bond acceptors (Lipinski definition) is 3. The van der Waals surface area contributed by atoms with Crippen LogP contribution >= 0.6 is 0 Å². The molecule has 1 amide bonds. The number of unbranched alkanes of at least 4 members (excludes halogenated alkanes) is 1. The predicted molar refractivity (Wildman–Crippen MR) is 120 cm³/mol. The molecule has 1 fully saturated rings. The lowest BCUT2D eigenvalue weighted by Gasteiger charge is -2.49. The first-order valence-electron chi connectivity index (χ1n) is 11.2. The van der Waals surface area contributed by atoms with Crippen LogP contribution in [-0.2, 0) is 17.8 Å². The van der Waals surface area contributed by atoms with Gasteiger partial charge in [-0.1, -0.05) is 32.4 Å². The number of hydrogen-bond donors (Lipinski definition) is 1. The summed E-state index contributed by atoms with van der Waals surface area (Å²) in [6.07, 6.45) is 4.93.